The number of hydrogen-bond acceptors (Lipinski definition) is 2. The van der Waals surface area contributed by atoms with Crippen molar-refractivity contribution >= 4 is 65.4 Å². The number of para-hydroxylation sites is 4. The van der Waals surface area contributed by atoms with Crippen molar-refractivity contribution in [3.8, 4) is 34.3 Å². The summed E-state index contributed by atoms with van der Waals surface area (Å²) in [4.78, 5) is 4.62. The first-order valence-corrected chi connectivity index (χ1v) is 17.8. The van der Waals surface area contributed by atoms with Gasteiger partial charge in [-0.1, -0.05) is 91.0 Å². The average molecular weight is 676 g/mol. The smallest absolute Gasteiger partial charge is 0.0992 e. The van der Waals surface area contributed by atoms with Crippen LogP contribution < -0.4 is 0 Å². The second-order valence-corrected chi connectivity index (χ2v) is 13.6. The Morgan fingerprint density at radius 1 is 0.415 bits per heavy atom. The van der Waals surface area contributed by atoms with Gasteiger partial charge >= 0.3 is 0 Å². The summed E-state index contributed by atoms with van der Waals surface area (Å²) in [6.45, 7) is 0. The highest BCUT2D eigenvalue weighted by Gasteiger charge is 2.21. The van der Waals surface area contributed by atoms with Gasteiger partial charge in [0.1, 0.15) is 0 Å². The molecule has 53 heavy (non-hydrogen) atoms. The van der Waals surface area contributed by atoms with E-state index in [1.807, 2.05) is 24.5 Å². The van der Waals surface area contributed by atoms with Crippen molar-refractivity contribution in [2.45, 2.75) is 0 Å². The second kappa shape index (κ2) is 11.3. The molecule has 11 aromatic rings. The minimum absolute atomic E-state index is 0.613. The van der Waals surface area contributed by atoms with Crippen LogP contribution in [-0.2, 0) is 0 Å². The van der Waals surface area contributed by atoms with Gasteiger partial charge in [0.2, 0.25) is 0 Å². The monoisotopic (exact) mass is 675 g/mol. The third-order valence-corrected chi connectivity index (χ3v) is 10.7. The summed E-state index contributed by atoms with van der Waals surface area (Å²) in [7, 11) is 0. The largest absolute Gasteiger partial charge is 0.309 e. The number of aromatic nitrogens is 4. The zero-order chi connectivity index (χ0) is 35.0. The van der Waals surface area contributed by atoms with E-state index in [9.17, 15) is 5.26 Å². The summed E-state index contributed by atoms with van der Waals surface area (Å²) in [5.41, 5.74) is 12.4. The molecule has 0 aliphatic heterocycles. The van der Waals surface area contributed by atoms with Crippen molar-refractivity contribution in [3.63, 3.8) is 0 Å². The van der Waals surface area contributed by atoms with Crippen molar-refractivity contribution in [1.82, 2.24) is 18.7 Å². The van der Waals surface area contributed by atoms with E-state index in [1.165, 1.54) is 38.0 Å². The standard InChI is InChI=1S/C48H29N5/c49-29-31-25-33(28-36(26-31)52-42-18-7-4-15-37(42)38-16-5-8-19-43(38)52)32-11-10-14-35(27-32)51-45-22-21-40-39-17-6-9-20-44(39)53(34-12-2-1-3-13-34)48(40)47(45)41-23-24-50-30-46(41)51/h1-28,30H. The van der Waals surface area contributed by atoms with E-state index in [0.29, 0.717) is 5.56 Å². The Kier molecular flexibility index (Phi) is 6.25. The van der Waals surface area contributed by atoms with Crippen LogP contribution in [0.15, 0.2) is 176 Å². The summed E-state index contributed by atoms with van der Waals surface area (Å²) in [6, 6.07) is 60.1. The fourth-order valence-electron chi connectivity index (χ4n) is 8.52. The van der Waals surface area contributed by atoms with E-state index >= 15 is 0 Å². The molecular formula is C48H29N5. The number of hydrogen-bond donors (Lipinski definition) is 0. The van der Waals surface area contributed by atoms with Crippen LogP contribution in [0.2, 0.25) is 0 Å². The minimum atomic E-state index is 0.613. The molecule has 5 heteroatoms. The number of nitrogens with zero attached hydrogens (tertiary/aromatic N) is 5. The van der Waals surface area contributed by atoms with Gasteiger partial charge in [0.25, 0.3) is 0 Å². The van der Waals surface area contributed by atoms with Crippen LogP contribution in [-0.4, -0.2) is 18.7 Å². The zero-order valence-corrected chi connectivity index (χ0v) is 28.5. The van der Waals surface area contributed by atoms with Crippen LogP contribution in [0.1, 0.15) is 5.56 Å². The molecule has 0 aliphatic rings. The lowest BCUT2D eigenvalue weighted by Crippen LogP contribution is -1.97. The third kappa shape index (κ3) is 4.27. The summed E-state index contributed by atoms with van der Waals surface area (Å²) in [6.07, 6.45) is 3.86. The van der Waals surface area contributed by atoms with Crippen LogP contribution in [0.25, 0.3) is 93.6 Å². The van der Waals surface area contributed by atoms with Crippen molar-refractivity contribution in [3.05, 3.63) is 182 Å². The van der Waals surface area contributed by atoms with Crippen molar-refractivity contribution < 1.29 is 0 Å². The molecule has 0 saturated heterocycles. The molecule has 0 aliphatic carbocycles. The van der Waals surface area contributed by atoms with Gasteiger partial charge in [-0.15, -0.1) is 0 Å². The summed E-state index contributed by atoms with van der Waals surface area (Å²) < 4.78 is 7.00. The maximum atomic E-state index is 10.3. The normalized spacial score (nSPS) is 11.8. The molecule has 0 atom stereocenters. The Morgan fingerprint density at radius 3 is 1.77 bits per heavy atom. The lowest BCUT2D eigenvalue weighted by Gasteiger charge is -2.13. The number of pyridine rings is 1. The van der Waals surface area contributed by atoms with E-state index in [4.69, 9.17) is 0 Å². The molecule has 5 nitrogen and oxygen atoms in total. The Balaban J connectivity index is 1.16. The van der Waals surface area contributed by atoms with E-state index in [-0.39, 0.29) is 0 Å². The lowest BCUT2D eigenvalue weighted by atomic mass is 10.0. The van der Waals surface area contributed by atoms with Crippen molar-refractivity contribution in [1.29, 1.82) is 5.26 Å². The summed E-state index contributed by atoms with van der Waals surface area (Å²) in [5, 5.41) is 17.4. The molecule has 0 radical (unpaired) electrons. The molecule has 0 amide bonds. The van der Waals surface area contributed by atoms with Gasteiger partial charge in [-0.05, 0) is 83.9 Å². The highest BCUT2D eigenvalue weighted by molar-refractivity contribution is 6.26. The van der Waals surface area contributed by atoms with Gasteiger partial charge < -0.3 is 13.7 Å². The van der Waals surface area contributed by atoms with Gasteiger partial charge in [0, 0.05) is 55.6 Å². The van der Waals surface area contributed by atoms with Crippen molar-refractivity contribution in [2.24, 2.45) is 0 Å². The Bertz CT molecular complexity index is 3250. The SMILES string of the molecule is N#Cc1cc(-c2cccc(-n3c4cnccc4c4c3ccc3c5ccccc5n(-c5ccccc5)c34)c2)cc(-n2c3ccccc3c3ccccc32)c1. The van der Waals surface area contributed by atoms with Crippen LogP contribution in [0.4, 0.5) is 0 Å². The van der Waals surface area contributed by atoms with E-state index in [2.05, 4.69) is 176 Å². The molecule has 0 spiro atoms. The molecule has 11 rings (SSSR count). The first-order valence-electron chi connectivity index (χ1n) is 17.8. The predicted octanol–water partition coefficient (Wildman–Crippen LogP) is 11.9. The number of nitriles is 1. The van der Waals surface area contributed by atoms with Gasteiger partial charge in [0.15, 0.2) is 0 Å². The highest BCUT2D eigenvalue weighted by Crippen LogP contribution is 2.42. The van der Waals surface area contributed by atoms with E-state index < -0.39 is 0 Å². The molecule has 4 aromatic heterocycles. The van der Waals surface area contributed by atoms with Crippen LogP contribution in [0.3, 0.4) is 0 Å². The van der Waals surface area contributed by atoms with Gasteiger partial charge in [-0.25, -0.2) is 0 Å². The molecule has 0 bridgehead atoms. The van der Waals surface area contributed by atoms with Gasteiger partial charge in [-0.2, -0.15) is 5.26 Å². The maximum absolute atomic E-state index is 10.3. The Morgan fingerprint density at radius 2 is 1.04 bits per heavy atom. The third-order valence-electron chi connectivity index (χ3n) is 10.7. The fraction of sp³-hybridized carbons (Fsp3) is 0. The maximum Gasteiger partial charge on any atom is 0.0992 e. The Hall–Kier alpha value is -7.42. The molecule has 7 aromatic carbocycles. The molecule has 0 fully saturated rings. The summed E-state index contributed by atoms with van der Waals surface area (Å²) in [5.74, 6) is 0. The van der Waals surface area contributed by atoms with Crippen LogP contribution >= 0.6 is 0 Å². The first-order chi connectivity index (χ1) is 26.3. The molecule has 246 valence electrons. The topological polar surface area (TPSA) is 51.5 Å². The minimum Gasteiger partial charge on any atom is -0.309 e. The predicted molar refractivity (Wildman–Crippen MR) is 217 cm³/mol. The number of rotatable bonds is 4. The second-order valence-electron chi connectivity index (χ2n) is 13.6. The molecular weight excluding hydrogens is 647 g/mol. The van der Waals surface area contributed by atoms with Gasteiger partial charge in [-0.3, -0.25) is 4.98 Å². The van der Waals surface area contributed by atoms with Crippen molar-refractivity contribution in [2.75, 3.05) is 0 Å². The zero-order valence-electron chi connectivity index (χ0n) is 28.5. The van der Waals surface area contributed by atoms with Gasteiger partial charge in [0.05, 0.1) is 50.9 Å². The molecule has 4 heterocycles. The quantitative estimate of drug-likeness (QED) is 0.186. The number of benzene rings is 7. The lowest BCUT2D eigenvalue weighted by molar-refractivity contribution is 1.16. The van der Waals surface area contributed by atoms with Crippen LogP contribution in [0.5, 0.6) is 0 Å². The molecule has 0 saturated carbocycles. The summed E-state index contributed by atoms with van der Waals surface area (Å²) >= 11 is 0. The van der Waals surface area contributed by atoms with E-state index in [1.54, 1.807) is 0 Å². The molecule has 0 N–H and O–H groups in total. The number of fused-ring (bicyclic) bond motifs is 10. The fourth-order valence-corrected chi connectivity index (χ4v) is 8.52. The van der Waals surface area contributed by atoms with Crippen LogP contribution in [0, 0.1) is 11.3 Å². The average Bonchev–Trinajstić information content (AvgIpc) is 3.87. The Labute approximate surface area is 304 Å². The van der Waals surface area contributed by atoms with E-state index in [0.717, 1.165) is 55.6 Å². The highest BCUT2D eigenvalue weighted by atomic mass is 15.0. The molecule has 0 unspecified atom stereocenters. The first kappa shape index (κ1) is 29.3.